The van der Waals surface area contributed by atoms with Gasteiger partial charge in [-0.2, -0.15) is 0 Å². The summed E-state index contributed by atoms with van der Waals surface area (Å²) in [4.78, 5) is 12.0. The summed E-state index contributed by atoms with van der Waals surface area (Å²) in [5.41, 5.74) is 6.86. The molecular weight excluding hydrogens is 260 g/mol. The smallest absolute Gasteiger partial charge is 0.251 e. The minimum absolute atomic E-state index is 0.0895. The number of benzene rings is 1. The zero-order chi connectivity index (χ0) is 13.9. The highest BCUT2D eigenvalue weighted by molar-refractivity contribution is 6.32. The first-order chi connectivity index (χ1) is 9.04. The van der Waals surface area contributed by atoms with Crippen molar-refractivity contribution in [2.24, 2.45) is 11.1 Å². The quantitative estimate of drug-likeness (QED) is 0.832. The molecule has 4 heteroatoms. The van der Waals surface area contributed by atoms with Crippen LogP contribution in [0, 0.1) is 17.3 Å². The maximum atomic E-state index is 12.0. The lowest BCUT2D eigenvalue weighted by atomic mass is 10.1. The molecule has 3 N–H and O–H groups in total. The van der Waals surface area contributed by atoms with E-state index >= 15 is 0 Å². The molecule has 0 bridgehead atoms. The molecule has 0 heterocycles. The topological polar surface area (TPSA) is 55.1 Å². The van der Waals surface area contributed by atoms with Crippen molar-refractivity contribution in [2.45, 2.75) is 19.8 Å². The van der Waals surface area contributed by atoms with Crippen molar-refractivity contribution < 1.29 is 4.79 Å². The van der Waals surface area contributed by atoms with Crippen LogP contribution in [0.15, 0.2) is 18.2 Å². The van der Waals surface area contributed by atoms with Crippen molar-refractivity contribution in [3.8, 4) is 11.8 Å². The standard InChI is InChI=1S/C15H17ClN2O/c1-15(6-7-15)10-18-14(19)12-5-4-11(3-2-8-17)13(16)9-12/h4-5,9H,6-8,10,17H2,1H3,(H,18,19). The number of carbonyl (C=O) groups is 1. The molecule has 100 valence electrons. The molecule has 0 unspecified atom stereocenters. The van der Waals surface area contributed by atoms with Gasteiger partial charge in [0.25, 0.3) is 5.91 Å². The first-order valence-corrected chi connectivity index (χ1v) is 6.69. The van der Waals surface area contributed by atoms with Crippen molar-refractivity contribution in [2.75, 3.05) is 13.1 Å². The Labute approximate surface area is 118 Å². The molecule has 2 rings (SSSR count). The van der Waals surface area contributed by atoms with Gasteiger partial charge in [-0.25, -0.2) is 0 Å². The first kappa shape index (κ1) is 13.9. The highest BCUT2D eigenvalue weighted by atomic mass is 35.5. The zero-order valence-corrected chi connectivity index (χ0v) is 11.7. The fourth-order valence-electron chi connectivity index (χ4n) is 1.69. The van der Waals surface area contributed by atoms with E-state index in [1.807, 2.05) is 0 Å². The van der Waals surface area contributed by atoms with Crippen LogP contribution in [0.2, 0.25) is 5.02 Å². The summed E-state index contributed by atoms with van der Waals surface area (Å²) >= 11 is 6.09. The second-order valence-electron chi connectivity index (χ2n) is 5.19. The van der Waals surface area contributed by atoms with E-state index < -0.39 is 0 Å². The molecule has 1 aliphatic rings. The van der Waals surface area contributed by atoms with Gasteiger partial charge < -0.3 is 11.1 Å². The average Bonchev–Trinajstić information content (AvgIpc) is 3.13. The van der Waals surface area contributed by atoms with Crippen molar-refractivity contribution in [1.82, 2.24) is 5.32 Å². The fourth-order valence-corrected chi connectivity index (χ4v) is 1.92. The third-order valence-electron chi connectivity index (χ3n) is 3.34. The number of nitrogens with one attached hydrogen (secondary N) is 1. The van der Waals surface area contributed by atoms with Crippen molar-refractivity contribution in [3.05, 3.63) is 34.3 Å². The SMILES string of the molecule is CC1(CNC(=O)c2ccc(C#CCN)c(Cl)c2)CC1. The van der Waals surface area contributed by atoms with E-state index in [9.17, 15) is 4.79 Å². The van der Waals surface area contributed by atoms with Gasteiger partial charge in [0.15, 0.2) is 0 Å². The number of hydrogen-bond acceptors (Lipinski definition) is 2. The van der Waals surface area contributed by atoms with Gasteiger partial charge >= 0.3 is 0 Å². The van der Waals surface area contributed by atoms with Crippen LogP contribution < -0.4 is 11.1 Å². The Bertz CT molecular complexity index is 553. The summed E-state index contributed by atoms with van der Waals surface area (Å²) in [5.74, 6) is 5.52. The molecule has 19 heavy (non-hydrogen) atoms. The first-order valence-electron chi connectivity index (χ1n) is 6.31. The molecule has 0 spiro atoms. The number of rotatable bonds is 3. The van der Waals surface area contributed by atoms with Crippen LogP contribution in [-0.4, -0.2) is 19.0 Å². The number of halogens is 1. The monoisotopic (exact) mass is 276 g/mol. The molecule has 1 aromatic carbocycles. The molecule has 0 aliphatic heterocycles. The molecule has 0 radical (unpaired) electrons. The van der Waals surface area contributed by atoms with Crippen LogP contribution in [0.4, 0.5) is 0 Å². The second kappa shape index (κ2) is 5.64. The summed E-state index contributed by atoms with van der Waals surface area (Å²) < 4.78 is 0. The molecule has 1 amide bonds. The zero-order valence-electron chi connectivity index (χ0n) is 10.9. The van der Waals surface area contributed by atoms with Crippen LogP contribution in [0.1, 0.15) is 35.7 Å². The Kier molecular flexibility index (Phi) is 4.14. The van der Waals surface area contributed by atoms with Gasteiger partial charge in [-0.3, -0.25) is 4.79 Å². The summed E-state index contributed by atoms with van der Waals surface area (Å²) in [6, 6.07) is 5.13. The maximum absolute atomic E-state index is 12.0. The third kappa shape index (κ3) is 3.73. The highest BCUT2D eigenvalue weighted by Gasteiger charge is 2.37. The molecule has 0 atom stereocenters. The Balaban J connectivity index is 2.04. The van der Waals surface area contributed by atoms with E-state index in [0.717, 1.165) is 6.54 Å². The van der Waals surface area contributed by atoms with Crippen LogP contribution in [-0.2, 0) is 0 Å². The summed E-state index contributed by atoms with van der Waals surface area (Å²) in [5, 5.41) is 3.42. The van der Waals surface area contributed by atoms with Gasteiger partial charge in [0.1, 0.15) is 0 Å². The largest absolute Gasteiger partial charge is 0.351 e. The summed E-state index contributed by atoms with van der Waals surface area (Å²) in [6.45, 7) is 3.18. The van der Waals surface area contributed by atoms with E-state index in [0.29, 0.717) is 21.6 Å². The molecule has 1 aliphatic carbocycles. The van der Waals surface area contributed by atoms with E-state index in [2.05, 4.69) is 24.1 Å². The molecule has 0 saturated heterocycles. The van der Waals surface area contributed by atoms with E-state index in [4.69, 9.17) is 17.3 Å². The second-order valence-corrected chi connectivity index (χ2v) is 5.60. The molecule has 1 saturated carbocycles. The van der Waals surface area contributed by atoms with Gasteiger partial charge in [-0.05, 0) is 36.5 Å². The number of amides is 1. The number of carbonyl (C=O) groups excluding carboxylic acids is 1. The predicted molar refractivity (Wildman–Crippen MR) is 77.1 cm³/mol. The van der Waals surface area contributed by atoms with E-state index in [1.54, 1.807) is 18.2 Å². The van der Waals surface area contributed by atoms with Crippen LogP contribution >= 0.6 is 11.6 Å². The van der Waals surface area contributed by atoms with Crippen LogP contribution in [0.5, 0.6) is 0 Å². The Morgan fingerprint density at radius 3 is 2.84 bits per heavy atom. The molecule has 1 aromatic rings. The van der Waals surface area contributed by atoms with Gasteiger partial charge in [0, 0.05) is 17.7 Å². The van der Waals surface area contributed by atoms with Gasteiger partial charge in [0.05, 0.1) is 11.6 Å². The third-order valence-corrected chi connectivity index (χ3v) is 3.65. The number of hydrogen-bond donors (Lipinski definition) is 2. The Morgan fingerprint density at radius 2 is 2.26 bits per heavy atom. The lowest BCUT2D eigenvalue weighted by Crippen LogP contribution is -2.28. The fraction of sp³-hybridized carbons (Fsp3) is 0.400. The van der Waals surface area contributed by atoms with Crippen LogP contribution in [0.25, 0.3) is 0 Å². The van der Waals surface area contributed by atoms with Crippen molar-refractivity contribution in [3.63, 3.8) is 0 Å². The van der Waals surface area contributed by atoms with Crippen molar-refractivity contribution in [1.29, 1.82) is 0 Å². The molecule has 1 fully saturated rings. The van der Waals surface area contributed by atoms with Gasteiger partial charge in [-0.15, -0.1) is 0 Å². The summed E-state index contributed by atoms with van der Waals surface area (Å²) in [7, 11) is 0. The maximum Gasteiger partial charge on any atom is 0.251 e. The highest BCUT2D eigenvalue weighted by Crippen LogP contribution is 2.44. The van der Waals surface area contributed by atoms with E-state index in [1.165, 1.54) is 12.8 Å². The predicted octanol–water partition coefficient (Wildman–Crippen LogP) is 2.18. The average molecular weight is 277 g/mol. The molecular formula is C15H17ClN2O. The van der Waals surface area contributed by atoms with E-state index in [-0.39, 0.29) is 12.5 Å². The normalized spacial score (nSPS) is 15.3. The van der Waals surface area contributed by atoms with Gasteiger partial charge in [-0.1, -0.05) is 30.4 Å². The molecule has 3 nitrogen and oxygen atoms in total. The van der Waals surface area contributed by atoms with Gasteiger partial charge in [0.2, 0.25) is 0 Å². The minimum atomic E-state index is -0.0895. The van der Waals surface area contributed by atoms with Crippen molar-refractivity contribution >= 4 is 17.5 Å². The minimum Gasteiger partial charge on any atom is -0.351 e. The molecule has 0 aromatic heterocycles. The summed E-state index contributed by atoms with van der Waals surface area (Å²) in [6.07, 6.45) is 2.36. The lowest BCUT2D eigenvalue weighted by molar-refractivity contribution is 0.0946. The number of nitrogens with two attached hydrogens (primary N) is 1. The lowest BCUT2D eigenvalue weighted by Gasteiger charge is -2.10. The Hall–Kier alpha value is -1.50. The Morgan fingerprint density at radius 1 is 1.53 bits per heavy atom. The van der Waals surface area contributed by atoms with Crippen LogP contribution in [0.3, 0.4) is 0 Å².